The molecule has 0 saturated carbocycles. The fraction of sp³-hybridized carbons (Fsp3) is 0.364. The second-order valence-corrected chi connectivity index (χ2v) is 10.2. The molecule has 33 heavy (non-hydrogen) atoms. The maximum Gasteiger partial charge on any atom is 0.269 e. The van der Waals surface area contributed by atoms with Crippen LogP contribution in [0.3, 0.4) is 0 Å². The summed E-state index contributed by atoms with van der Waals surface area (Å²) in [7, 11) is 2.86. The van der Waals surface area contributed by atoms with Crippen LogP contribution >= 0.6 is 0 Å². The highest BCUT2D eigenvalue weighted by Crippen LogP contribution is 2.25. The molecule has 3 aromatic rings. The summed E-state index contributed by atoms with van der Waals surface area (Å²) >= 11 is 0. The van der Waals surface area contributed by atoms with E-state index in [-0.39, 0.29) is 29.0 Å². The molecule has 1 heterocycles. The largest absolute Gasteiger partial charge is 0.339 e. The molecular formula is C22H27N5O5S. The normalized spacial score (nSPS) is 12.8. The fourth-order valence-corrected chi connectivity index (χ4v) is 4.48. The number of hydrogen-bond donors (Lipinski definition) is 0. The van der Waals surface area contributed by atoms with Crippen LogP contribution < -0.4 is 0 Å². The molecule has 176 valence electrons. The first-order valence-corrected chi connectivity index (χ1v) is 11.8. The van der Waals surface area contributed by atoms with Crippen molar-refractivity contribution in [2.24, 2.45) is 7.05 Å². The molecule has 1 atom stereocenters. The Kier molecular flexibility index (Phi) is 6.84. The van der Waals surface area contributed by atoms with Crippen molar-refractivity contribution in [2.75, 3.05) is 21.1 Å². The number of nitrogens with zero attached hydrogens (tertiary/aromatic N) is 5. The molecule has 11 heteroatoms. The third-order valence-electron chi connectivity index (χ3n) is 5.82. The molecule has 1 amide bonds. The fourth-order valence-electron chi connectivity index (χ4n) is 3.56. The lowest BCUT2D eigenvalue weighted by Crippen LogP contribution is -2.30. The summed E-state index contributed by atoms with van der Waals surface area (Å²) in [6.07, 6.45) is 0.557. The molecule has 0 aliphatic heterocycles. The maximum absolute atomic E-state index is 12.8. The third kappa shape index (κ3) is 4.88. The van der Waals surface area contributed by atoms with Crippen LogP contribution in [-0.4, -0.2) is 59.1 Å². The number of rotatable bonds is 8. The predicted octanol–water partition coefficient (Wildman–Crippen LogP) is 2.88. The summed E-state index contributed by atoms with van der Waals surface area (Å²) in [5.41, 5.74) is 1.97. The first kappa shape index (κ1) is 24.3. The summed E-state index contributed by atoms with van der Waals surface area (Å²) < 4.78 is 27.8. The minimum Gasteiger partial charge on any atom is -0.339 e. The standard InChI is InChI=1S/C22H27N5O5S/c1-15(16-7-6-8-17(13-16)27(29)30)25(4)22(28)12-11-21-23-19-14-18(33(31,32)24(2)3)9-10-20(19)26(21)5/h6-10,13-15H,11-12H2,1-5H3. The molecule has 0 aliphatic rings. The van der Waals surface area contributed by atoms with Gasteiger partial charge in [0.05, 0.1) is 26.9 Å². The van der Waals surface area contributed by atoms with Gasteiger partial charge in [-0.25, -0.2) is 17.7 Å². The maximum atomic E-state index is 12.8. The van der Waals surface area contributed by atoms with Gasteiger partial charge in [-0.3, -0.25) is 14.9 Å². The zero-order valence-corrected chi connectivity index (χ0v) is 20.0. The Balaban J connectivity index is 1.75. The summed E-state index contributed by atoms with van der Waals surface area (Å²) in [5.74, 6) is 0.533. The Morgan fingerprint density at radius 2 is 1.88 bits per heavy atom. The lowest BCUT2D eigenvalue weighted by atomic mass is 10.1. The van der Waals surface area contributed by atoms with Crippen LogP contribution in [0.15, 0.2) is 47.4 Å². The van der Waals surface area contributed by atoms with Gasteiger partial charge >= 0.3 is 0 Å². The van der Waals surface area contributed by atoms with Gasteiger partial charge < -0.3 is 9.47 Å². The Hall–Kier alpha value is -3.31. The van der Waals surface area contributed by atoms with Crippen LogP contribution in [0.25, 0.3) is 11.0 Å². The molecule has 10 nitrogen and oxygen atoms in total. The van der Waals surface area contributed by atoms with Crippen molar-refractivity contribution in [1.82, 2.24) is 18.8 Å². The van der Waals surface area contributed by atoms with E-state index in [0.717, 1.165) is 9.82 Å². The van der Waals surface area contributed by atoms with Gasteiger partial charge in [-0.05, 0) is 30.7 Å². The van der Waals surface area contributed by atoms with Crippen LogP contribution in [0.4, 0.5) is 5.69 Å². The number of nitro groups is 1. The van der Waals surface area contributed by atoms with Crippen molar-refractivity contribution in [2.45, 2.75) is 30.7 Å². The topological polar surface area (TPSA) is 119 Å². The molecule has 3 rings (SSSR count). The van der Waals surface area contributed by atoms with E-state index >= 15 is 0 Å². The van der Waals surface area contributed by atoms with Crippen molar-refractivity contribution < 1.29 is 18.1 Å². The Bertz CT molecular complexity index is 1320. The zero-order chi connectivity index (χ0) is 24.5. The molecular weight excluding hydrogens is 446 g/mol. The van der Waals surface area contributed by atoms with E-state index in [2.05, 4.69) is 4.98 Å². The van der Waals surface area contributed by atoms with Crippen LogP contribution in [-0.2, 0) is 28.3 Å². The highest BCUT2D eigenvalue weighted by atomic mass is 32.2. The molecule has 1 aromatic heterocycles. The molecule has 0 spiro atoms. The number of fused-ring (bicyclic) bond motifs is 1. The van der Waals surface area contributed by atoms with Crippen LogP contribution in [0.2, 0.25) is 0 Å². The number of imidazole rings is 1. The number of nitro benzene ring substituents is 1. The molecule has 0 radical (unpaired) electrons. The van der Waals surface area contributed by atoms with Gasteiger partial charge in [0, 0.05) is 53.2 Å². The second-order valence-electron chi connectivity index (χ2n) is 8.06. The Labute approximate surface area is 192 Å². The van der Waals surface area contributed by atoms with Crippen molar-refractivity contribution in [3.05, 3.63) is 64.0 Å². The molecule has 0 bridgehead atoms. The minimum atomic E-state index is -3.57. The smallest absolute Gasteiger partial charge is 0.269 e. The molecule has 0 N–H and O–H groups in total. The van der Waals surface area contributed by atoms with Crippen molar-refractivity contribution in [1.29, 1.82) is 0 Å². The molecule has 0 fully saturated rings. The number of aromatic nitrogens is 2. The second kappa shape index (κ2) is 9.28. The number of non-ortho nitro benzene ring substituents is 1. The lowest BCUT2D eigenvalue weighted by molar-refractivity contribution is -0.384. The van der Waals surface area contributed by atoms with Gasteiger partial charge in [0.15, 0.2) is 0 Å². The van der Waals surface area contributed by atoms with Crippen molar-refractivity contribution >= 4 is 32.7 Å². The van der Waals surface area contributed by atoms with Crippen molar-refractivity contribution in [3.63, 3.8) is 0 Å². The number of benzene rings is 2. The number of carbonyl (C=O) groups is 1. The average molecular weight is 474 g/mol. The van der Waals surface area contributed by atoms with Crippen LogP contribution in [0, 0.1) is 10.1 Å². The minimum absolute atomic E-state index is 0.0180. The lowest BCUT2D eigenvalue weighted by Gasteiger charge is -2.25. The predicted molar refractivity (Wildman–Crippen MR) is 124 cm³/mol. The molecule has 1 unspecified atom stereocenters. The van der Waals surface area contributed by atoms with Gasteiger partial charge in [-0.2, -0.15) is 0 Å². The Morgan fingerprint density at radius 1 is 1.18 bits per heavy atom. The van der Waals surface area contributed by atoms with Crippen LogP contribution in [0.5, 0.6) is 0 Å². The monoisotopic (exact) mass is 473 g/mol. The van der Waals surface area contributed by atoms with Crippen molar-refractivity contribution in [3.8, 4) is 0 Å². The van der Waals surface area contributed by atoms with Gasteiger partial charge in [-0.1, -0.05) is 12.1 Å². The highest BCUT2D eigenvalue weighted by molar-refractivity contribution is 7.89. The highest BCUT2D eigenvalue weighted by Gasteiger charge is 2.21. The number of amides is 1. The average Bonchev–Trinajstić information content (AvgIpc) is 3.11. The van der Waals surface area contributed by atoms with E-state index in [0.29, 0.717) is 23.3 Å². The van der Waals surface area contributed by atoms with Gasteiger partial charge in [0.1, 0.15) is 5.82 Å². The van der Waals surface area contributed by atoms with E-state index in [1.54, 1.807) is 36.2 Å². The molecule has 0 aliphatic carbocycles. The zero-order valence-electron chi connectivity index (χ0n) is 19.2. The van der Waals surface area contributed by atoms with E-state index in [1.165, 1.54) is 32.3 Å². The van der Waals surface area contributed by atoms with Gasteiger partial charge in [0.25, 0.3) is 5.69 Å². The molecule has 0 saturated heterocycles. The number of sulfonamides is 1. The first-order chi connectivity index (χ1) is 15.4. The van der Waals surface area contributed by atoms with Crippen LogP contribution in [0.1, 0.15) is 30.8 Å². The van der Waals surface area contributed by atoms with E-state index in [9.17, 15) is 23.3 Å². The SMILES string of the molecule is CC(c1cccc([N+](=O)[O-])c1)N(C)C(=O)CCc1nc2cc(S(=O)(=O)N(C)C)ccc2n1C. The summed E-state index contributed by atoms with van der Waals surface area (Å²) in [6, 6.07) is 10.7. The Morgan fingerprint density at radius 3 is 2.52 bits per heavy atom. The van der Waals surface area contributed by atoms with Gasteiger partial charge in [-0.15, -0.1) is 0 Å². The number of aryl methyl sites for hydroxylation is 2. The quantitative estimate of drug-likeness (QED) is 0.367. The number of hydrogen-bond acceptors (Lipinski definition) is 6. The van der Waals surface area contributed by atoms with E-state index in [1.807, 2.05) is 18.5 Å². The van der Waals surface area contributed by atoms with E-state index in [4.69, 9.17) is 0 Å². The van der Waals surface area contributed by atoms with Gasteiger partial charge in [0.2, 0.25) is 15.9 Å². The first-order valence-electron chi connectivity index (χ1n) is 10.3. The summed E-state index contributed by atoms with van der Waals surface area (Å²) in [5, 5.41) is 11.0. The third-order valence-corrected chi connectivity index (χ3v) is 7.63. The number of carbonyl (C=O) groups excluding carboxylic acids is 1. The summed E-state index contributed by atoms with van der Waals surface area (Å²) in [4.78, 5) is 29.6. The van der Waals surface area contributed by atoms with E-state index < -0.39 is 14.9 Å². The molecule has 2 aromatic carbocycles. The summed E-state index contributed by atoms with van der Waals surface area (Å²) in [6.45, 7) is 1.82.